The monoisotopic (exact) mass is 340 g/mol. The van der Waals surface area contributed by atoms with Gasteiger partial charge in [0, 0.05) is 25.0 Å². The van der Waals surface area contributed by atoms with Gasteiger partial charge in [-0.2, -0.15) is 0 Å². The van der Waals surface area contributed by atoms with Crippen molar-refractivity contribution in [3.8, 4) is 5.75 Å². The standard InChI is InChI=1S/C18H32O4Si/c1-4-7-14-20-23(21-15-8-5-2,22-16-9-6-3)18-12-10-17(19)11-13-18/h10-13,19H,4-9,14-16H2,1-3H3. The second kappa shape index (κ2) is 11.6. The van der Waals surface area contributed by atoms with Crippen LogP contribution in [-0.4, -0.2) is 33.7 Å². The van der Waals surface area contributed by atoms with Gasteiger partial charge in [-0.1, -0.05) is 52.2 Å². The summed E-state index contributed by atoms with van der Waals surface area (Å²) in [5.74, 6) is 0.243. The summed E-state index contributed by atoms with van der Waals surface area (Å²) < 4.78 is 18.6. The molecule has 0 aromatic heterocycles. The first-order valence-corrected chi connectivity index (χ1v) is 10.6. The quantitative estimate of drug-likeness (QED) is 0.436. The zero-order valence-corrected chi connectivity index (χ0v) is 15.8. The van der Waals surface area contributed by atoms with Gasteiger partial charge in [-0.05, 0) is 31.4 Å². The highest BCUT2D eigenvalue weighted by Gasteiger charge is 2.43. The Morgan fingerprint density at radius 2 is 1.13 bits per heavy atom. The number of hydrogen-bond donors (Lipinski definition) is 1. The highest BCUT2D eigenvalue weighted by molar-refractivity contribution is 6.75. The maximum Gasteiger partial charge on any atom is 0.537 e. The lowest BCUT2D eigenvalue weighted by atomic mass is 10.3. The van der Waals surface area contributed by atoms with Crippen LogP contribution in [0.15, 0.2) is 24.3 Å². The molecule has 0 radical (unpaired) electrons. The third-order valence-electron chi connectivity index (χ3n) is 3.59. The van der Waals surface area contributed by atoms with Gasteiger partial charge in [0.25, 0.3) is 0 Å². The van der Waals surface area contributed by atoms with E-state index >= 15 is 0 Å². The van der Waals surface area contributed by atoms with Crippen molar-refractivity contribution in [2.45, 2.75) is 59.3 Å². The topological polar surface area (TPSA) is 47.9 Å². The third kappa shape index (κ3) is 7.04. The average molecular weight is 341 g/mol. The Hall–Kier alpha value is -0.883. The molecule has 0 saturated carbocycles. The number of unbranched alkanes of at least 4 members (excludes halogenated alkanes) is 3. The van der Waals surface area contributed by atoms with Crippen molar-refractivity contribution in [3.63, 3.8) is 0 Å². The van der Waals surface area contributed by atoms with Crippen LogP contribution in [0.5, 0.6) is 5.75 Å². The first kappa shape index (κ1) is 20.2. The molecule has 4 nitrogen and oxygen atoms in total. The second-order valence-corrected chi connectivity index (χ2v) is 8.26. The molecule has 1 rings (SSSR count). The Kier molecular flexibility index (Phi) is 10.2. The molecule has 1 aromatic carbocycles. The van der Waals surface area contributed by atoms with Crippen LogP contribution in [-0.2, 0) is 13.3 Å². The largest absolute Gasteiger partial charge is 0.537 e. The fourth-order valence-corrected chi connectivity index (χ4v) is 4.66. The van der Waals surface area contributed by atoms with Gasteiger partial charge < -0.3 is 18.4 Å². The summed E-state index contributed by atoms with van der Waals surface area (Å²) in [4.78, 5) is 0. The summed E-state index contributed by atoms with van der Waals surface area (Å²) in [7, 11) is -2.92. The summed E-state index contributed by atoms with van der Waals surface area (Å²) in [6.45, 7) is 8.35. The van der Waals surface area contributed by atoms with E-state index in [4.69, 9.17) is 13.3 Å². The molecule has 0 atom stereocenters. The van der Waals surface area contributed by atoms with Crippen LogP contribution in [0, 0.1) is 0 Å². The molecule has 1 aromatic rings. The van der Waals surface area contributed by atoms with Crippen LogP contribution in [0.25, 0.3) is 0 Å². The minimum absolute atomic E-state index is 0.243. The maximum atomic E-state index is 9.56. The first-order valence-electron chi connectivity index (χ1n) is 8.89. The Morgan fingerprint density at radius 1 is 0.739 bits per heavy atom. The van der Waals surface area contributed by atoms with Gasteiger partial charge >= 0.3 is 8.80 Å². The lowest BCUT2D eigenvalue weighted by Crippen LogP contribution is -2.57. The van der Waals surface area contributed by atoms with E-state index in [2.05, 4.69) is 20.8 Å². The average Bonchev–Trinajstić information content (AvgIpc) is 2.56. The van der Waals surface area contributed by atoms with Gasteiger partial charge in [0.2, 0.25) is 0 Å². The smallest absolute Gasteiger partial charge is 0.508 e. The highest BCUT2D eigenvalue weighted by atomic mass is 28.4. The molecular weight excluding hydrogens is 308 g/mol. The first-order chi connectivity index (χ1) is 11.2. The molecule has 1 N–H and O–H groups in total. The molecule has 5 heteroatoms. The van der Waals surface area contributed by atoms with E-state index in [1.54, 1.807) is 12.1 Å². The van der Waals surface area contributed by atoms with Crippen LogP contribution in [0.4, 0.5) is 0 Å². The van der Waals surface area contributed by atoms with Gasteiger partial charge in [0.15, 0.2) is 0 Å². The zero-order valence-electron chi connectivity index (χ0n) is 14.8. The molecule has 0 spiro atoms. The van der Waals surface area contributed by atoms with Crippen LogP contribution < -0.4 is 5.19 Å². The highest BCUT2D eigenvalue weighted by Crippen LogP contribution is 2.16. The van der Waals surface area contributed by atoms with Gasteiger partial charge in [0.05, 0.1) is 0 Å². The fourth-order valence-electron chi connectivity index (χ4n) is 2.09. The molecule has 0 saturated heterocycles. The molecule has 0 aliphatic rings. The van der Waals surface area contributed by atoms with Crippen molar-refractivity contribution in [3.05, 3.63) is 24.3 Å². The molecule has 132 valence electrons. The Balaban J connectivity index is 2.95. The fraction of sp³-hybridized carbons (Fsp3) is 0.667. The second-order valence-electron chi connectivity index (χ2n) is 5.71. The third-order valence-corrected chi connectivity index (χ3v) is 6.38. The number of hydrogen-bond acceptors (Lipinski definition) is 4. The Bertz CT molecular complexity index is 381. The van der Waals surface area contributed by atoms with E-state index in [1.807, 2.05) is 12.1 Å². The van der Waals surface area contributed by atoms with Crippen LogP contribution in [0.1, 0.15) is 59.3 Å². The lowest BCUT2D eigenvalue weighted by Gasteiger charge is -2.30. The van der Waals surface area contributed by atoms with Crippen LogP contribution >= 0.6 is 0 Å². The van der Waals surface area contributed by atoms with Crippen molar-refractivity contribution in [1.82, 2.24) is 0 Å². The molecular formula is C18H32O4Si. The predicted molar refractivity (Wildman–Crippen MR) is 96.1 cm³/mol. The van der Waals surface area contributed by atoms with E-state index in [0.717, 1.165) is 43.7 Å². The minimum Gasteiger partial charge on any atom is -0.508 e. The van der Waals surface area contributed by atoms with Gasteiger partial charge in [-0.3, -0.25) is 0 Å². The number of phenolic OH excluding ortho intramolecular Hbond substituents is 1. The number of rotatable bonds is 13. The number of benzene rings is 1. The van der Waals surface area contributed by atoms with E-state index < -0.39 is 8.80 Å². The summed E-state index contributed by atoms with van der Waals surface area (Å²) in [6.07, 6.45) is 6.18. The molecule has 0 aliphatic heterocycles. The van der Waals surface area contributed by atoms with Crippen molar-refractivity contribution in [2.75, 3.05) is 19.8 Å². The van der Waals surface area contributed by atoms with Crippen molar-refractivity contribution in [2.24, 2.45) is 0 Å². The molecule has 23 heavy (non-hydrogen) atoms. The van der Waals surface area contributed by atoms with Gasteiger partial charge in [-0.25, -0.2) is 0 Å². The number of aromatic hydroxyl groups is 1. The molecule has 0 bridgehead atoms. The summed E-state index contributed by atoms with van der Waals surface area (Å²) in [5.41, 5.74) is 0. The minimum atomic E-state index is -2.92. The normalized spacial score (nSPS) is 11.8. The summed E-state index contributed by atoms with van der Waals surface area (Å²) >= 11 is 0. The van der Waals surface area contributed by atoms with Gasteiger partial charge in [-0.15, -0.1) is 0 Å². The van der Waals surface area contributed by atoms with E-state index in [-0.39, 0.29) is 5.75 Å². The SMILES string of the molecule is CCCCO[Si](OCCCC)(OCCCC)c1ccc(O)cc1. The van der Waals surface area contributed by atoms with E-state index in [1.165, 1.54) is 0 Å². The van der Waals surface area contributed by atoms with Crippen molar-refractivity contribution >= 4 is 14.0 Å². The Morgan fingerprint density at radius 3 is 1.48 bits per heavy atom. The van der Waals surface area contributed by atoms with Gasteiger partial charge in [0.1, 0.15) is 5.75 Å². The molecule has 0 aliphatic carbocycles. The maximum absolute atomic E-state index is 9.56. The van der Waals surface area contributed by atoms with Crippen LogP contribution in [0.2, 0.25) is 0 Å². The molecule has 0 fully saturated rings. The molecule has 0 amide bonds. The molecule has 0 heterocycles. The predicted octanol–water partition coefficient (Wildman–Crippen LogP) is 3.99. The van der Waals surface area contributed by atoms with Crippen LogP contribution in [0.3, 0.4) is 0 Å². The molecule has 0 unspecified atom stereocenters. The summed E-state index contributed by atoms with van der Waals surface area (Å²) in [5, 5.41) is 10.5. The van der Waals surface area contributed by atoms with Crippen molar-refractivity contribution in [1.29, 1.82) is 0 Å². The summed E-state index contributed by atoms with van der Waals surface area (Å²) in [6, 6.07) is 7.08. The Labute approximate surface area is 142 Å². The number of phenols is 1. The zero-order chi connectivity index (χ0) is 17.0. The van der Waals surface area contributed by atoms with E-state index in [9.17, 15) is 5.11 Å². The van der Waals surface area contributed by atoms with E-state index in [0.29, 0.717) is 19.8 Å². The van der Waals surface area contributed by atoms with Crippen molar-refractivity contribution < 1.29 is 18.4 Å². The lowest BCUT2D eigenvalue weighted by molar-refractivity contribution is 0.0700.